The van der Waals surface area contributed by atoms with Gasteiger partial charge in [-0.15, -0.1) is 0 Å². The molecule has 1 aliphatic heterocycles. The van der Waals surface area contributed by atoms with Gasteiger partial charge >= 0.3 is 0 Å². The van der Waals surface area contributed by atoms with E-state index in [1.165, 1.54) is 72.0 Å². The van der Waals surface area contributed by atoms with Crippen LogP contribution in [0.1, 0.15) is 22.3 Å². The minimum absolute atomic E-state index is 0.469. The molecule has 3 heteroatoms. The van der Waals surface area contributed by atoms with Crippen molar-refractivity contribution in [1.82, 2.24) is 14.1 Å². The Labute approximate surface area is 306 Å². The second-order valence-corrected chi connectivity index (χ2v) is 14.3. The zero-order chi connectivity index (χ0) is 34.7. The van der Waals surface area contributed by atoms with Crippen LogP contribution in [-0.2, 0) is 5.41 Å². The third kappa shape index (κ3) is 3.70. The molecule has 1 unspecified atom stereocenters. The van der Waals surface area contributed by atoms with Crippen LogP contribution in [0.5, 0.6) is 0 Å². The van der Waals surface area contributed by atoms with Gasteiger partial charge in [-0.25, -0.2) is 4.98 Å². The molecule has 2 aromatic heterocycles. The quantitative estimate of drug-likeness (QED) is 0.183. The summed E-state index contributed by atoms with van der Waals surface area (Å²) in [5, 5.41) is 2.59. The number of imidazole rings is 1. The number of fused-ring (bicyclic) bond motifs is 13. The number of hydrogen-bond acceptors (Lipinski definition) is 1. The second kappa shape index (κ2) is 10.5. The van der Waals surface area contributed by atoms with Crippen LogP contribution < -0.4 is 0 Å². The van der Waals surface area contributed by atoms with Crippen LogP contribution in [0.15, 0.2) is 188 Å². The summed E-state index contributed by atoms with van der Waals surface area (Å²) in [7, 11) is 0. The molecule has 3 heterocycles. The smallest absolute Gasteiger partial charge is 0.145 e. The normalized spacial score (nSPS) is 15.2. The molecular weight excluding hydrogens is 643 g/mol. The van der Waals surface area contributed by atoms with Crippen molar-refractivity contribution in [2.75, 3.05) is 0 Å². The molecule has 1 spiro atoms. The van der Waals surface area contributed by atoms with E-state index in [0.717, 1.165) is 28.1 Å². The first kappa shape index (κ1) is 28.7. The SMILES string of the molecule is c1ccc(-n2c(-c3ccc(-c4ccc5c(c4)C4(c6ccccc6-5)c5ccccc5-n5c6ccccc6c6cccc4c65)cc3)nc3ccccc32)cc1. The first-order valence-corrected chi connectivity index (χ1v) is 18.3. The van der Waals surface area contributed by atoms with Crippen molar-refractivity contribution in [2.45, 2.75) is 5.41 Å². The highest BCUT2D eigenvalue weighted by Gasteiger charge is 2.50. The lowest BCUT2D eigenvalue weighted by molar-refractivity contribution is 0.749. The number of aromatic nitrogens is 3. The fourth-order valence-electron chi connectivity index (χ4n) is 9.61. The Morgan fingerprint density at radius 3 is 1.92 bits per heavy atom. The highest BCUT2D eigenvalue weighted by Crippen LogP contribution is 2.61. The maximum Gasteiger partial charge on any atom is 0.145 e. The molecule has 246 valence electrons. The van der Waals surface area contributed by atoms with Gasteiger partial charge in [0.15, 0.2) is 0 Å². The summed E-state index contributed by atoms with van der Waals surface area (Å²) in [6.45, 7) is 0. The van der Waals surface area contributed by atoms with Gasteiger partial charge in [-0.3, -0.25) is 4.57 Å². The average Bonchev–Trinajstić information content (AvgIpc) is 3.88. The summed E-state index contributed by atoms with van der Waals surface area (Å²) < 4.78 is 4.77. The van der Waals surface area contributed by atoms with E-state index in [1.807, 2.05) is 0 Å². The predicted molar refractivity (Wildman–Crippen MR) is 217 cm³/mol. The van der Waals surface area contributed by atoms with Crippen molar-refractivity contribution < 1.29 is 0 Å². The number of hydrogen-bond donors (Lipinski definition) is 0. The highest BCUT2D eigenvalue weighted by molar-refractivity contribution is 6.12. The summed E-state index contributed by atoms with van der Waals surface area (Å²) in [5.74, 6) is 0.939. The number of nitrogens with zero attached hydrogens (tertiary/aromatic N) is 3. The fourth-order valence-corrected chi connectivity index (χ4v) is 9.61. The van der Waals surface area contributed by atoms with Crippen molar-refractivity contribution in [3.8, 4) is 45.0 Å². The largest absolute Gasteiger partial charge is 0.309 e. The molecule has 12 rings (SSSR count). The van der Waals surface area contributed by atoms with Crippen LogP contribution in [-0.4, -0.2) is 14.1 Å². The van der Waals surface area contributed by atoms with Gasteiger partial charge in [-0.05, 0) is 87.0 Å². The van der Waals surface area contributed by atoms with Crippen LogP contribution >= 0.6 is 0 Å². The predicted octanol–water partition coefficient (Wildman–Crippen LogP) is 12.1. The van der Waals surface area contributed by atoms with E-state index in [4.69, 9.17) is 4.98 Å². The molecule has 0 bridgehead atoms. The molecule has 8 aromatic carbocycles. The van der Waals surface area contributed by atoms with E-state index >= 15 is 0 Å². The third-order valence-electron chi connectivity index (χ3n) is 11.7. The van der Waals surface area contributed by atoms with Gasteiger partial charge in [0.25, 0.3) is 0 Å². The van der Waals surface area contributed by atoms with Gasteiger partial charge in [0.1, 0.15) is 5.82 Å². The van der Waals surface area contributed by atoms with E-state index in [2.05, 4.69) is 197 Å². The minimum atomic E-state index is -0.469. The first-order valence-electron chi connectivity index (χ1n) is 18.3. The Morgan fingerprint density at radius 1 is 0.396 bits per heavy atom. The number of benzene rings is 8. The Morgan fingerprint density at radius 2 is 1.04 bits per heavy atom. The lowest BCUT2D eigenvalue weighted by Crippen LogP contribution is -2.33. The van der Waals surface area contributed by atoms with Gasteiger partial charge in [0, 0.05) is 22.0 Å². The molecule has 3 nitrogen and oxygen atoms in total. The fraction of sp³-hybridized carbons (Fsp3) is 0.0200. The van der Waals surface area contributed by atoms with Crippen molar-refractivity contribution in [2.24, 2.45) is 0 Å². The summed E-state index contributed by atoms with van der Waals surface area (Å²) in [6.07, 6.45) is 0. The zero-order valence-electron chi connectivity index (χ0n) is 28.7. The van der Waals surface area contributed by atoms with E-state index < -0.39 is 5.41 Å². The molecule has 1 aliphatic carbocycles. The molecule has 0 amide bonds. The lowest BCUT2D eigenvalue weighted by atomic mass is 9.65. The monoisotopic (exact) mass is 673 g/mol. The van der Waals surface area contributed by atoms with Gasteiger partial charge in [0.2, 0.25) is 0 Å². The van der Waals surface area contributed by atoms with Crippen LogP contribution in [0.4, 0.5) is 0 Å². The molecule has 0 N–H and O–H groups in total. The van der Waals surface area contributed by atoms with Crippen molar-refractivity contribution in [3.05, 3.63) is 210 Å². The van der Waals surface area contributed by atoms with Gasteiger partial charge in [0.05, 0.1) is 33.2 Å². The zero-order valence-corrected chi connectivity index (χ0v) is 28.7. The van der Waals surface area contributed by atoms with Crippen molar-refractivity contribution in [1.29, 1.82) is 0 Å². The maximum atomic E-state index is 5.12. The molecule has 1 atom stereocenters. The highest BCUT2D eigenvalue weighted by atomic mass is 15.1. The Bertz CT molecular complexity index is 3110. The second-order valence-electron chi connectivity index (χ2n) is 14.3. The molecule has 53 heavy (non-hydrogen) atoms. The Hall–Kier alpha value is -6.97. The average molecular weight is 674 g/mol. The molecular formula is C50H31N3. The van der Waals surface area contributed by atoms with Gasteiger partial charge in [-0.1, -0.05) is 146 Å². The van der Waals surface area contributed by atoms with Gasteiger partial charge in [-0.2, -0.15) is 0 Å². The van der Waals surface area contributed by atoms with E-state index in [9.17, 15) is 0 Å². The molecule has 2 aliphatic rings. The van der Waals surface area contributed by atoms with Crippen molar-refractivity contribution in [3.63, 3.8) is 0 Å². The molecule has 0 saturated heterocycles. The van der Waals surface area contributed by atoms with Crippen LogP contribution in [0.25, 0.3) is 77.9 Å². The maximum absolute atomic E-state index is 5.12. The minimum Gasteiger partial charge on any atom is -0.309 e. The topological polar surface area (TPSA) is 22.8 Å². The first-order chi connectivity index (χ1) is 26.3. The lowest BCUT2D eigenvalue weighted by Gasteiger charge is -2.39. The summed E-state index contributed by atoms with van der Waals surface area (Å²) >= 11 is 0. The van der Waals surface area contributed by atoms with E-state index in [-0.39, 0.29) is 0 Å². The Kier molecular flexibility index (Phi) is 5.70. The summed E-state index contributed by atoms with van der Waals surface area (Å²) in [5.41, 5.74) is 17.9. The number of rotatable bonds is 3. The van der Waals surface area contributed by atoms with Crippen LogP contribution in [0, 0.1) is 0 Å². The van der Waals surface area contributed by atoms with Crippen LogP contribution in [0.3, 0.4) is 0 Å². The molecule has 0 saturated carbocycles. The van der Waals surface area contributed by atoms with Crippen molar-refractivity contribution >= 4 is 32.8 Å². The standard InChI is InChI=1S/C50H31N3/c1-2-13-35(14-3-1)52-47-24-11-8-21-44(47)51-49(52)33-27-25-32(26-28-33)34-29-30-37-36-15-4-6-18-40(36)50(43(37)31-34)41-19-7-10-23-46(41)53-45-22-9-5-16-38(45)39-17-12-20-42(50)48(39)53/h1-31H. The van der Waals surface area contributed by atoms with E-state index in [1.54, 1.807) is 0 Å². The summed E-state index contributed by atoms with van der Waals surface area (Å²) in [4.78, 5) is 5.12. The van der Waals surface area contributed by atoms with Crippen LogP contribution in [0.2, 0.25) is 0 Å². The number of para-hydroxylation sites is 6. The van der Waals surface area contributed by atoms with Gasteiger partial charge < -0.3 is 4.57 Å². The molecule has 0 radical (unpaired) electrons. The molecule has 0 fully saturated rings. The Balaban J connectivity index is 1.08. The molecule has 10 aromatic rings. The van der Waals surface area contributed by atoms with E-state index in [0.29, 0.717) is 0 Å². The third-order valence-corrected chi connectivity index (χ3v) is 11.7. The summed E-state index contributed by atoms with van der Waals surface area (Å²) in [6, 6.07) is 68.9.